The SMILES string of the molecule is C=CCOC(C)Oc1ccc(C(C)(C)c2ccc(OC(C)OCC=C)c(Br)c2)cc1Br. The van der Waals surface area contributed by atoms with Crippen LogP contribution in [0.3, 0.4) is 0 Å². The molecule has 0 bridgehead atoms. The molecule has 0 aliphatic carbocycles. The van der Waals surface area contributed by atoms with E-state index in [2.05, 4.69) is 83.1 Å². The summed E-state index contributed by atoms with van der Waals surface area (Å²) in [7, 11) is 0. The summed E-state index contributed by atoms with van der Waals surface area (Å²) in [5, 5.41) is 0. The highest BCUT2D eigenvalue weighted by molar-refractivity contribution is 9.10. The van der Waals surface area contributed by atoms with Gasteiger partial charge in [-0.1, -0.05) is 38.1 Å². The zero-order valence-electron chi connectivity index (χ0n) is 18.5. The van der Waals surface area contributed by atoms with Gasteiger partial charge >= 0.3 is 0 Å². The van der Waals surface area contributed by atoms with Gasteiger partial charge in [0.15, 0.2) is 12.6 Å². The molecule has 4 nitrogen and oxygen atoms in total. The second-order valence-corrected chi connectivity index (χ2v) is 9.24. The van der Waals surface area contributed by atoms with Crippen LogP contribution >= 0.6 is 31.9 Å². The fourth-order valence-electron chi connectivity index (χ4n) is 2.97. The number of halogens is 2. The number of rotatable bonds is 12. The molecule has 168 valence electrons. The maximum Gasteiger partial charge on any atom is 0.197 e. The molecule has 2 atom stereocenters. The van der Waals surface area contributed by atoms with Crippen LogP contribution in [0.15, 0.2) is 70.7 Å². The third-order valence-corrected chi connectivity index (χ3v) is 6.03. The highest BCUT2D eigenvalue weighted by atomic mass is 79.9. The molecular formula is C25H30Br2O4. The molecule has 0 aliphatic heterocycles. The van der Waals surface area contributed by atoms with Crippen LogP contribution in [0.2, 0.25) is 0 Å². The van der Waals surface area contributed by atoms with E-state index in [0.717, 1.165) is 31.6 Å². The van der Waals surface area contributed by atoms with E-state index in [-0.39, 0.29) is 18.0 Å². The summed E-state index contributed by atoms with van der Waals surface area (Å²) in [5.74, 6) is 1.46. The minimum Gasteiger partial charge on any atom is -0.464 e. The smallest absolute Gasteiger partial charge is 0.197 e. The van der Waals surface area contributed by atoms with Crippen molar-refractivity contribution in [2.75, 3.05) is 13.2 Å². The lowest BCUT2D eigenvalue weighted by molar-refractivity contribution is -0.0555. The minimum absolute atomic E-state index is 0.238. The van der Waals surface area contributed by atoms with Crippen LogP contribution in [0.5, 0.6) is 11.5 Å². The Morgan fingerprint density at radius 2 is 1.19 bits per heavy atom. The van der Waals surface area contributed by atoms with Gasteiger partial charge < -0.3 is 18.9 Å². The van der Waals surface area contributed by atoms with Gasteiger partial charge in [-0.15, -0.1) is 13.2 Å². The normalized spacial score (nSPS) is 13.4. The molecular weight excluding hydrogens is 524 g/mol. The lowest BCUT2D eigenvalue weighted by Gasteiger charge is -2.28. The first kappa shape index (κ1) is 25.7. The summed E-state index contributed by atoms with van der Waals surface area (Å²) in [5.41, 5.74) is 2.06. The molecule has 6 heteroatoms. The Hall–Kier alpha value is -1.60. The average Bonchev–Trinajstić information content (AvgIpc) is 2.73. The Balaban J connectivity index is 2.18. The summed E-state index contributed by atoms with van der Waals surface area (Å²) in [4.78, 5) is 0. The van der Waals surface area contributed by atoms with Gasteiger partial charge in [0, 0.05) is 5.41 Å². The second kappa shape index (κ2) is 11.9. The zero-order valence-corrected chi connectivity index (χ0v) is 21.7. The third-order valence-electron chi connectivity index (χ3n) is 4.79. The van der Waals surface area contributed by atoms with Gasteiger partial charge in [-0.25, -0.2) is 0 Å². The highest BCUT2D eigenvalue weighted by Crippen LogP contribution is 2.39. The number of hydrogen-bond donors (Lipinski definition) is 0. The third kappa shape index (κ3) is 7.21. The molecule has 0 radical (unpaired) electrons. The molecule has 0 N–H and O–H groups in total. The Morgan fingerprint density at radius 3 is 1.52 bits per heavy atom. The molecule has 0 fully saturated rings. The predicted octanol–water partition coefficient (Wildman–Crippen LogP) is 7.39. The van der Waals surface area contributed by atoms with E-state index in [1.807, 2.05) is 26.0 Å². The van der Waals surface area contributed by atoms with Crippen molar-refractivity contribution in [1.82, 2.24) is 0 Å². The van der Waals surface area contributed by atoms with E-state index in [9.17, 15) is 0 Å². The Kier molecular flexibility index (Phi) is 9.82. The fraction of sp³-hybridized carbons (Fsp3) is 0.360. The summed E-state index contributed by atoms with van der Waals surface area (Å²) in [6, 6.07) is 12.2. The van der Waals surface area contributed by atoms with Gasteiger partial charge in [0.1, 0.15) is 11.5 Å². The molecule has 2 aromatic rings. The molecule has 0 saturated carbocycles. The maximum absolute atomic E-state index is 5.86. The van der Waals surface area contributed by atoms with Gasteiger partial charge in [-0.2, -0.15) is 0 Å². The van der Waals surface area contributed by atoms with Crippen molar-refractivity contribution in [2.45, 2.75) is 45.7 Å². The fourth-order valence-corrected chi connectivity index (χ4v) is 3.91. The molecule has 2 unspecified atom stereocenters. The number of ether oxygens (including phenoxy) is 4. The second-order valence-electron chi connectivity index (χ2n) is 7.53. The Labute approximate surface area is 202 Å². The van der Waals surface area contributed by atoms with Crippen molar-refractivity contribution in [3.05, 3.63) is 81.8 Å². The van der Waals surface area contributed by atoms with Gasteiger partial charge in [-0.05, 0) is 81.1 Å². The molecule has 0 amide bonds. The highest BCUT2D eigenvalue weighted by Gasteiger charge is 2.25. The summed E-state index contributed by atoms with van der Waals surface area (Å²) >= 11 is 7.26. The number of benzene rings is 2. The summed E-state index contributed by atoms with van der Waals surface area (Å²) < 4.78 is 24.5. The van der Waals surface area contributed by atoms with Crippen molar-refractivity contribution in [3.63, 3.8) is 0 Å². The minimum atomic E-state index is -0.366. The van der Waals surface area contributed by atoms with Gasteiger partial charge in [0.05, 0.1) is 22.2 Å². The van der Waals surface area contributed by atoms with Gasteiger partial charge in [0.25, 0.3) is 0 Å². The van der Waals surface area contributed by atoms with Crippen molar-refractivity contribution in [2.24, 2.45) is 0 Å². The van der Waals surface area contributed by atoms with E-state index >= 15 is 0 Å². The van der Waals surface area contributed by atoms with Gasteiger partial charge in [0.2, 0.25) is 0 Å². The van der Waals surface area contributed by atoms with Crippen LogP contribution in [0.1, 0.15) is 38.8 Å². The van der Waals surface area contributed by atoms with Crippen LogP contribution < -0.4 is 9.47 Å². The van der Waals surface area contributed by atoms with E-state index < -0.39 is 0 Å². The van der Waals surface area contributed by atoms with Crippen LogP contribution in [0.25, 0.3) is 0 Å². The largest absolute Gasteiger partial charge is 0.464 e. The number of hydrogen-bond acceptors (Lipinski definition) is 4. The molecule has 0 spiro atoms. The lowest BCUT2D eigenvalue weighted by Crippen LogP contribution is -2.20. The molecule has 0 aromatic heterocycles. The molecule has 2 rings (SSSR count). The van der Waals surface area contributed by atoms with Crippen molar-refractivity contribution in [3.8, 4) is 11.5 Å². The summed E-state index contributed by atoms with van der Waals surface area (Å²) in [6.07, 6.45) is 2.66. The quantitative estimate of drug-likeness (QED) is 0.203. The van der Waals surface area contributed by atoms with Crippen molar-refractivity contribution in [1.29, 1.82) is 0 Å². The maximum atomic E-state index is 5.86. The van der Waals surface area contributed by atoms with Crippen LogP contribution in [0, 0.1) is 0 Å². The van der Waals surface area contributed by atoms with Crippen molar-refractivity contribution < 1.29 is 18.9 Å². The molecule has 31 heavy (non-hydrogen) atoms. The van der Waals surface area contributed by atoms with Crippen molar-refractivity contribution >= 4 is 31.9 Å². The lowest BCUT2D eigenvalue weighted by atomic mass is 9.78. The van der Waals surface area contributed by atoms with Crippen LogP contribution in [-0.2, 0) is 14.9 Å². The summed E-state index contributed by atoms with van der Waals surface area (Å²) in [6.45, 7) is 16.3. The average molecular weight is 554 g/mol. The Morgan fingerprint density at radius 1 is 0.806 bits per heavy atom. The molecule has 2 aromatic carbocycles. The van der Waals surface area contributed by atoms with Gasteiger partial charge in [-0.3, -0.25) is 0 Å². The standard InChI is InChI=1S/C25H30Br2O4/c1-7-13-28-17(3)30-23-11-9-19(15-21(23)26)25(5,6)20-10-12-24(22(27)16-20)31-18(4)29-14-8-2/h7-12,15-18H,1-2,13-14H2,3-6H3. The monoisotopic (exact) mass is 552 g/mol. The van der Waals surface area contributed by atoms with Crippen LogP contribution in [-0.4, -0.2) is 25.8 Å². The van der Waals surface area contributed by atoms with E-state index in [0.29, 0.717) is 13.2 Å². The van der Waals surface area contributed by atoms with Crippen LogP contribution in [0.4, 0.5) is 0 Å². The Bertz CT molecular complexity index is 824. The molecule has 0 heterocycles. The first-order chi connectivity index (χ1) is 14.7. The first-order valence-electron chi connectivity index (χ1n) is 10.1. The van der Waals surface area contributed by atoms with E-state index in [4.69, 9.17) is 18.9 Å². The molecule has 0 aliphatic rings. The first-order valence-corrected chi connectivity index (χ1v) is 11.7. The predicted molar refractivity (Wildman–Crippen MR) is 133 cm³/mol. The van der Waals surface area contributed by atoms with E-state index in [1.54, 1.807) is 12.2 Å². The molecule has 0 saturated heterocycles. The topological polar surface area (TPSA) is 36.9 Å². The zero-order chi connectivity index (χ0) is 23.0. The van der Waals surface area contributed by atoms with E-state index in [1.165, 1.54) is 0 Å².